The smallest absolute Gasteiger partial charge is 0.159 e. The second-order valence-corrected chi connectivity index (χ2v) is 13.9. The minimum absolute atomic E-state index is 0.0795. The number of nitrogens with zero attached hydrogens (tertiary/aromatic N) is 3. The van der Waals surface area contributed by atoms with Crippen molar-refractivity contribution >= 4 is 0 Å². The summed E-state index contributed by atoms with van der Waals surface area (Å²) in [4.78, 5) is 9.61. The molecule has 0 spiro atoms. The lowest BCUT2D eigenvalue weighted by atomic mass is 9.67. The summed E-state index contributed by atoms with van der Waals surface area (Å²) < 4.78 is 0. The van der Waals surface area contributed by atoms with Crippen molar-refractivity contribution < 1.29 is 0 Å². The first kappa shape index (κ1) is 32.7. The molecule has 2 aliphatic carbocycles. The van der Waals surface area contributed by atoms with Gasteiger partial charge < -0.3 is 0 Å². The molecule has 0 atom stereocenters. The normalized spacial score (nSPS) is 24.4. The third-order valence-corrected chi connectivity index (χ3v) is 10.8. The van der Waals surface area contributed by atoms with E-state index in [1.807, 2.05) is 0 Å². The minimum Gasteiger partial charge on any atom is -0.236 e. The summed E-state index contributed by atoms with van der Waals surface area (Å²) in [7, 11) is 0. The predicted molar refractivity (Wildman–Crippen MR) is 177 cm³/mol. The highest BCUT2D eigenvalue weighted by molar-refractivity contribution is 5.55. The molecule has 230 valence electrons. The maximum atomic E-state index is 10.0. The van der Waals surface area contributed by atoms with Crippen LogP contribution >= 0.6 is 0 Å². The zero-order valence-electron chi connectivity index (χ0n) is 27.1. The maximum absolute atomic E-state index is 10.0. The number of benzene rings is 1. The lowest BCUT2D eigenvalue weighted by molar-refractivity contribution is 0.223. The van der Waals surface area contributed by atoms with Gasteiger partial charge in [-0.25, -0.2) is 9.97 Å². The minimum atomic E-state index is -0.0795. The van der Waals surface area contributed by atoms with Crippen LogP contribution < -0.4 is 0 Å². The number of hydrogen-bond donors (Lipinski definition) is 0. The molecule has 0 radical (unpaired) electrons. The molecule has 0 N–H and O–H groups in total. The molecule has 4 rings (SSSR count). The molecule has 2 aromatic rings. The Bertz CT molecular complexity index is 1030. The van der Waals surface area contributed by atoms with E-state index in [0.717, 1.165) is 49.4 Å². The summed E-state index contributed by atoms with van der Waals surface area (Å²) in [6, 6.07) is 11.7. The Morgan fingerprint density at radius 1 is 0.667 bits per heavy atom. The zero-order valence-corrected chi connectivity index (χ0v) is 27.1. The van der Waals surface area contributed by atoms with Gasteiger partial charge in [0, 0.05) is 18.0 Å². The first-order valence-corrected chi connectivity index (χ1v) is 18.0. The van der Waals surface area contributed by atoms with Crippen LogP contribution in [0.1, 0.15) is 178 Å². The van der Waals surface area contributed by atoms with Gasteiger partial charge in [-0.3, -0.25) is 0 Å². The molecule has 3 nitrogen and oxygen atoms in total. The number of unbranched alkanes of at least 4 members (excludes halogenated alkanes) is 10. The molecule has 2 saturated carbocycles. The van der Waals surface area contributed by atoms with E-state index >= 15 is 0 Å². The maximum Gasteiger partial charge on any atom is 0.159 e. The van der Waals surface area contributed by atoms with Gasteiger partial charge in [0.25, 0.3) is 0 Å². The number of nitriles is 1. The summed E-state index contributed by atoms with van der Waals surface area (Å²) in [6.45, 7) is 4.56. The first-order chi connectivity index (χ1) is 20.7. The molecule has 0 bridgehead atoms. The molecule has 3 heteroatoms. The molecule has 2 fully saturated rings. The number of rotatable bonds is 17. The molecular weight excluding hydrogens is 510 g/mol. The van der Waals surface area contributed by atoms with E-state index < -0.39 is 0 Å². The Morgan fingerprint density at radius 3 is 1.81 bits per heavy atom. The third-order valence-electron chi connectivity index (χ3n) is 10.8. The van der Waals surface area contributed by atoms with Crippen molar-refractivity contribution in [2.45, 2.75) is 167 Å². The van der Waals surface area contributed by atoms with E-state index in [1.165, 1.54) is 120 Å². The van der Waals surface area contributed by atoms with Crippen molar-refractivity contribution in [2.24, 2.45) is 11.3 Å². The average Bonchev–Trinajstić information content (AvgIpc) is 3.05. The monoisotopic (exact) mass is 569 g/mol. The highest BCUT2D eigenvalue weighted by atomic mass is 14.9. The van der Waals surface area contributed by atoms with Gasteiger partial charge in [0.1, 0.15) is 0 Å². The summed E-state index contributed by atoms with van der Waals surface area (Å²) in [5.74, 6) is 2.99. The van der Waals surface area contributed by atoms with Gasteiger partial charge in [0.05, 0.1) is 11.5 Å². The molecule has 1 aromatic carbocycles. The van der Waals surface area contributed by atoms with Crippen LogP contribution in [0.5, 0.6) is 0 Å². The summed E-state index contributed by atoms with van der Waals surface area (Å²) >= 11 is 0. The molecule has 0 unspecified atom stereocenters. The van der Waals surface area contributed by atoms with E-state index in [-0.39, 0.29) is 5.41 Å². The second kappa shape index (κ2) is 17.8. The lowest BCUT2D eigenvalue weighted by Crippen LogP contribution is -2.25. The molecule has 0 aliphatic heterocycles. The van der Waals surface area contributed by atoms with Crippen molar-refractivity contribution in [3.05, 3.63) is 47.8 Å². The van der Waals surface area contributed by atoms with Gasteiger partial charge in [0.2, 0.25) is 0 Å². The van der Waals surface area contributed by atoms with E-state index in [1.54, 1.807) is 0 Å². The summed E-state index contributed by atoms with van der Waals surface area (Å²) in [5, 5.41) is 10.0. The summed E-state index contributed by atoms with van der Waals surface area (Å²) in [6.07, 6.45) is 32.7. The molecule has 0 amide bonds. The van der Waals surface area contributed by atoms with Crippen molar-refractivity contribution in [1.29, 1.82) is 5.26 Å². The van der Waals surface area contributed by atoms with E-state index in [2.05, 4.69) is 56.6 Å². The van der Waals surface area contributed by atoms with E-state index in [4.69, 9.17) is 9.97 Å². The standard InChI is InChI=1S/C39H59N3/c1-3-5-7-9-11-13-15-32-16-18-34(19-17-32)37-29-41-38(42-30-37)36-22-20-33(21-23-36)35-24-27-39(31-40,28-25-35)26-14-12-10-8-6-4-2/h20-23,29-30,32,34-35H,3-19,24-28H2,1-2H3. The van der Waals surface area contributed by atoms with Crippen LogP contribution in [0.15, 0.2) is 36.7 Å². The largest absolute Gasteiger partial charge is 0.236 e. The van der Waals surface area contributed by atoms with Gasteiger partial charge in [-0.1, -0.05) is 122 Å². The van der Waals surface area contributed by atoms with Crippen molar-refractivity contribution in [3.8, 4) is 17.5 Å². The van der Waals surface area contributed by atoms with Crippen LogP contribution in [-0.2, 0) is 0 Å². The Labute approximate surface area is 258 Å². The van der Waals surface area contributed by atoms with Crippen molar-refractivity contribution in [1.82, 2.24) is 9.97 Å². The molecular formula is C39H59N3. The van der Waals surface area contributed by atoms with Crippen LogP contribution in [0.25, 0.3) is 11.4 Å². The predicted octanol–water partition coefficient (Wildman–Crippen LogP) is 12.1. The van der Waals surface area contributed by atoms with Crippen LogP contribution in [0.2, 0.25) is 0 Å². The van der Waals surface area contributed by atoms with Crippen LogP contribution in [0.4, 0.5) is 0 Å². The van der Waals surface area contributed by atoms with E-state index in [9.17, 15) is 5.26 Å². The van der Waals surface area contributed by atoms with Crippen molar-refractivity contribution in [3.63, 3.8) is 0 Å². The fraction of sp³-hybridized carbons (Fsp3) is 0.718. The molecule has 1 heterocycles. The van der Waals surface area contributed by atoms with Crippen LogP contribution in [0.3, 0.4) is 0 Å². The highest BCUT2D eigenvalue weighted by Gasteiger charge is 2.35. The molecule has 1 aromatic heterocycles. The molecule has 2 aliphatic rings. The zero-order chi connectivity index (χ0) is 29.5. The first-order valence-electron chi connectivity index (χ1n) is 18.0. The Hall–Kier alpha value is -2.21. The third kappa shape index (κ3) is 9.92. The number of hydrogen-bond acceptors (Lipinski definition) is 3. The topological polar surface area (TPSA) is 49.6 Å². The van der Waals surface area contributed by atoms with Crippen LogP contribution in [-0.4, -0.2) is 9.97 Å². The summed E-state index contributed by atoms with van der Waals surface area (Å²) in [5.41, 5.74) is 3.78. The fourth-order valence-corrected chi connectivity index (χ4v) is 7.77. The second-order valence-electron chi connectivity index (χ2n) is 13.9. The van der Waals surface area contributed by atoms with Gasteiger partial charge >= 0.3 is 0 Å². The lowest BCUT2D eigenvalue weighted by Gasteiger charge is -2.35. The van der Waals surface area contributed by atoms with E-state index in [0.29, 0.717) is 11.8 Å². The Balaban J connectivity index is 1.19. The SMILES string of the molecule is CCCCCCCCC1CCC(c2cnc(-c3ccc(C4CCC(C#N)(CCCCCCCC)CC4)cc3)nc2)CC1. The molecule has 0 saturated heterocycles. The molecule has 42 heavy (non-hydrogen) atoms. The quantitative estimate of drug-likeness (QED) is 0.178. The van der Waals surface area contributed by atoms with Gasteiger partial charge in [-0.05, 0) is 86.7 Å². The van der Waals surface area contributed by atoms with Crippen LogP contribution in [0, 0.1) is 22.7 Å². The Morgan fingerprint density at radius 2 is 1.21 bits per heavy atom. The Kier molecular flexibility index (Phi) is 13.9. The highest BCUT2D eigenvalue weighted by Crippen LogP contribution is 2.46. The number of aromatic nitrogens is 2. The van der Waals surface area contributed by atoms with Gasteiger partial charge in [0.15, 0.2) is 5.82 Å². The van der Waals surface area contributed by atoms with Crippen molar-refractivity contribution in [2.75, 3.05) is 0 Å². The average molecular weight is 570 g/mol. The fourth-order valence-electron chi connectivity index (χ4n) is 7.77. The van der Waals surface area contributed by atoms with Gasteiger partial charge in [-0.2, -0.15) is 5.26 Å². The van der Waals surface area contributed by atoms with Gasteiger partial charge in [-0.15, -0.1) is 0 Å².